The molecule has 0 bridgehead atoms. The molecule has 1 aromatic rings. The van der Waals surface area contributed by atoms with Crippen molar-refractivity contribution in [2.75, 3.05) is 13.1 Å². The first-order valence-corrected chi connectivity index (χ1v) is 8.57. The Balaban J connectivity index is 1.70. The van der Waals surface area contributed by atoms with E-state index < -0.39 is 0 Å². The molecule has 1 amide bonds. The molecule has 2 heterocycles. The van der Waals surface area contributed by atoms with Crippen LogP contribution in [0.4, 0.5) is 0 Å². The van der Waals surface area contributed by atoms with Crippen molar-refractivity contribution in [1.82, 2.24) is 10.2 Å². The van der Waals surface area contributed by atoms with Gasteiger partial charge in [0.15, 0.2) is 0 Å². The summed E-state index contributed by atoms with van der Waals surface area (Å²) < 4.78 is 0. The molecule has 3 nitrogen and oxygen atoms in total. The number of carbonyl (C=O) groups excluding carboxylic acids is 1. The second kappa shape index (κ2) is 6.04. The van der Waals surface area contributed by atoms with Crippen LogP contribution < -0.4 is 5.32 Å². The van der Waals surface area contributed by atoms with Gasteiger partial charge in [-0.05, 0) is 53.9 Å². The Morgan fingerprint density at radius 1 is 1.14 bits per heavy atom. The van der Waals surface area contributed by atoms with E-state index in [0.717, 1.165) is 50.5 Å². The summed E-state index contributed by atoms with van der Waals surface area (Å²) in [6, 6.07) is 6.20. The van der Waals surface area contributed by atoms with Gasteiger partial charge in [0.2, 0.25) is 0 Å². The van der Waals surface area contributed by atoms with Gasteiger partial charge in [-0.25, -0.2) is 0 Å². The molecule has 1 saturated heterocycles. The number of benzene rings is 1. The van der Waals surface area contributed by atoms with Crippen molar-refractivity contribution >= 4 is 5.91 Å². The van der Waals surface area contributed by atoms with Gasteiger partial charge >= 0.3 is 0 Å². The molecule has 2 aliphatic rings. The van der Waals surface area contributed by atoms with E-state index in [2.05, 4.69) is 43.1 Å². The summed E-state index contributed by atoms with van der Waals surface area (Å²) >= 11 is 0. The summed E-state index contributed by atoms with van der Waals surface area (Å²) in [6.07, 6.45) is 3.49. The molecule has 0 saturated carbocycles. The quantitative estimate of drug-likeness (QED) is 0.860. The molecule has 1 unspecified atom stereocenters. The number of nitrogens with zero attached hydrogens (tertiary/aromatic N) is 1. The molecular formula is C19H28N2O. The fraction of sp³-hybridized carbons (Fsp3) is 0.632. The normalized spacial score (nSPS) is 22.3. The maximum Gasteiger partial charge on any atom is 0.253 e. The molecule has 1 fully saturated rings. The smallest absolute Gasteiger partial charge is 0.253 e. The van der Waals surface area contributed by atoms with Crippen LogP contribution in [-0.4, -0.2) is 23.9 Å². The maximum atomic E-state index is 12.8. The highest BCUT2D eigenvalue weighted by molar-refractivity contribution is 5.94. The van der Waals surface area contributed by atoms with Crippen molar-refractivity contribution in [3.05, 3.63) is 34.9 Å². The molecule has 3 rings (SSSR count). The van der Waals surface area contributed by atoms with E-state index in [1.807, 2.05) is 6.07 Å². The highest BCUT2D eigenvalue weighted by Gasteiger charge is 2.29. The van der Waals surface area contributed by atoms with Gasteiger partial charge in [-0.1, -0.05) is 26.8 Å². The molecule has 0 aliphatic carbocycles. The Morgan fingerprint density at radius 3 is 2.68 bits per heavy atom. The highest BCUT2D eigenvalue weighted by atomic mass is 16.2. The number of rotatable bonds is 1. The van der Waals surface area contributed by atoms with Crippen molar-refractivity contribution in [3.8, 4) is 0 Å². The second-order valence-corrected chi connectivity index (χ2v) is 7.87. The van der Waals surface area contributed by atoms with Crippen LogP contribution in [0.5, 0.6) is 0 Å². The van der Waals surface area contributed by atoms with Crippen LogP contribution in [0.25, 0.3) is 0 Å². The molecule has 1 N–H and O–H groups in total. The fourth-order valence-electron chi connectivity index (χ4n) is 3.78. The van der Waals surface area contributed by atoms with Gasteiger partial charge in [0.25, 0.3) is 5.91 Å². The molecule has 1 atom stereocenters. The fourth-order valence-corrected chi connectivity index (χ4v) is 3.78. The average Bonchev–Trinajstić information content (AvgIpc) is 2.78. The van der Waals surface area contributed by atoms with E-state index in [1.54, 1.807) is 0 Å². The summed E-state index contributed by atoms with van der Waals surface area (Å²) in [4.78, 5) is 14.9. The zero-order chi connectivity index (χ0) is 15.7. The zero-order valence-corrected chi connectivity index (χ0v) is 14.1. The van der Waals surface area contributed by atoms with Gasteiger partial charge in [-0.3, -0.25) is 4.79 Å². The third-order valence-electron chi connectivity index (χ3n) is 5.32. The largest absolute Gasteiger partial charge is 0.339 e. The van der Waals surface area contributed by atoms with Crippen molar-refractivity contribution in [2.45, 2.75) is 53.1 Å². The SMILES string of the molecule is CC(C)(C)C1CCCN(C(=O)c2ccc3c(c2)CNC3)CC1. The number of hydrogen-bond donors (Lipinski definition) is 1. The Morgan fingerprint density at radius 2 is 1.91 bits per heavy atom. The predicted molar refractivity (Wildman–Crippen MR) is 89.7 cm³/mol. The van der Waals surface area contributed by atoms with Gasteiger partial charge in [-0.2, -0.15) is 0 Å². The van der Waals surface area contributed by atoms with E-state index in [1.165, 1.54) is 17.5 Å². The summed E-state index contributed by atoms with van der Waals surface area (Å²) in [5, 5.41) is 3.34. The van der Waals surface area contributed by atoms with Crippen LogP contribution in [0, 0.1) is 11.3 Å². The third-order valence-corrected chi connectivity index (χ3v) is 5.32. The number of carbonyl (C=O) groups is 1. The highest BCUT2D eigenvalue weighted by Crippen LogP contribution is 2.34. The molecule has 2 aliphatic heterocycles. The topological polar surface area (TPSA) is 32.3 Å². The Kier molecular flexibility index (Phi) is 4.26. The first-order chi connectivity index (χ1) is 10.4. The van der Waals surface area contributed by atoms with Gasteiger partial charge in [-0.15, -0.1) is 0 Å². The maximum absolute atomic E-state index is 12.8. The summed E-state index contributed by atoms with van der Waals surface area (Å²) in [5.74, 6) is 0.929. The third kappa shape index (κ3) is 3.19. The minimum absolute atomic E-state index is 0.212. The van der Waals surface area contributed by atoms with E-state index in [4.69, 9.17) is 0 Å². The van der Waals surface area contributed by atoms with Gasteiger partial charge in [0.05, 0.1) is 0 Å². The van der Waals surface area contributed by atoms with Crippen LogP contribution in [0.15, 0.2) is 18.2 Å². The first-order valence-electron chi connectivity index (χ1n) is 8.57. The van der Waals surface area contributed by atoms with Crippen LogP contribution in [0.2, 0.25) is 0 Å². The van der Waals surface area contributed by atoms with Crippen LogP contribution in [0.1, 0.15) is 61.5 Å². The van der Waals surface area contributed by atoms with E-state index in [9.17, 15) is 4.79 Å². The number of hydrogen-bond acceptors (Lipinski definition) is 2. The standard InChI is InChI=1S/C19H28N2O/c1-19(2,3)17-5-4-9-21(10-8-17)18(22)14-6-7-15-12-20-13-16(15)11-14/h6-7,11,17,20H,4-5,8-10,12-13H2,1-3H3. The number of fused-ring (bicyclic) bond motifs is 1. The average molecular weight is 300 g/mol. The number of amides is 1. The molecule has 1 aromatic carbocycles. The Hall–Kier alpha value is -1.35. The molecule has 0 aromatic heterocycles. The number of likely N-dealkylation sites (tertiary alicyclic amines) is 1. The van der Waals surface area contributed by atoms with Crippen molar-refractivity contribution in [2.24, 2.45) is 11.3 Å². The zero-order valence-electron chi connectivity index (χ0n) is 14.1. The van der Waals surface area contributed by atoms with Crippen LogP contribution in [-0.2, 0) is 13.1 Å². The van der Waals surface area contributed by atoms with Crippen LogP contribution >= 0.6 is 0 Å². The Labute approximate surface area is 134 Å². The molecule has 0 radical (unpaired) electrons. The van der Waals surface area contributed by atoms with Gasteiger partial charge in [0.1, 0.15) is 0 Å². The van der Waals surface area contributed by atoms with Crippen molar-refractivity contribution in [1.29, 1.82) is 0 Å². The van der Waals surface area contributed by atoms with Gasteiger partial charge < -0.3 is 10.2 Å². The molecule has 22 heavy (non-hydrogen) atoms. The van der Waals surface area contributed by atoms with E-state index in [-0.39, 0.29) is 5.91 Å². The minimum Gasteiger partial charge on any atom is -0.339 e. The Bertz CT molecular complexity index is 559. The lowest BCUT2D eigenvalue weighted by molar-refractivity contribution is 0.0755. The van der Waals surface area contributed by atoms with Crippen LogP contribution in [0.3, 0.4) is 0 Å². The monoisotopic (exact) mass is 300 g/mol. The summed E-state index contributed by atoms with van der Waals surface area (Å²) in [7, 11) is 0. The molecular weight excluding hydrogens is 272 g/mol. The second-order valence-electron chi connectivity index (χ2n) is 7.87. The minimum atomic E-state index is 0.212. The molecule has 120 valence electrons. The molecule has 3 heteroatoms. The first kappa shape index (κ1) is 15.5. The summed E-state index contributed by atoms with van der Waals surface area (Å²) in [6.45, 7) is 10.6. The van der Waals surface area contributed by atoms with Crippen molar-refractivity contribution < 1.29 is 4.79 Å². The lowest BCUT2D eigenvalue weighted by Crippen LogP contribution is -2.32. The molecule has 0 spiro atoms. The lowest BCUT2D eigenvalue weighted by Gasteiger charge is -2.29. The predicted octanol–water partition coefficient (Wildman–Crippen LogP) is 3.58. The van der Waals surface area contributed by atoms with Gasteiger partial charge in [0, 0.05) is 31.7 Å². The van der Waals surface area contributed by atoms with E-state index in [0.29, 0.717) is 5.41 Å². The lowest BCUT2D eigenvalue weighted by atomic mass is 9.77. The number of nitrogens with one attached hydrogen (secondary N) is 1. The summed E-state index contributed by atoms with van der Waals surface area (Å²) in [5.41, 5.74) is 3.82. The van der Waals surface area contributed by atoms with E-state index >= 15 is 0 Å². The van der Waals surface area contributed by atoms with Crippen molar-refractivity contribution in [3.63, 3.8) is 0 Å².